The van der Waals surface area contributed by atoms with Crippen LogP contribution in [0.5, 0.6) is 5.75 Å². The van der Waals surface area contributed by atoms with E-state index in [1.54, 1.807) is 0 Å². The highest BCUT2D eigenvalue weighted by atomic mass is 16.5. The Bertz CT molecular complexity index is 382. The van der Waals surface area contributed by atoms with Gasteiger partial charge in [0.05, 0.1) is 0 Å². The van der Waals surface area contributed by atoms with Crippen LogP contribution in [0.1, 0.15) is 52.6 Å². The first kappa shape index (κ1) is 17.0. The topological polar surface area (TPSA) is 38.5 Å². The first-order valence-corrected chi connectivity index (χ1v) is 7.70. The highest BCUT2D eigenvalue weighted by molar-refractivity contribution is 5.35. The number of nitrogens with two attached hydrogens (primary N) is 1. The fraction of sp³-hybridized carbons (Fsp3) is 0.647. The van der Waals surface area contributed by atoms with Crippen molar-refractivity contribution in [2.45, 2.75) is 59.2 Å². The van der Waals surface area contributed by atoms with E-state index in [2.05, 4.69) is 45.6 Å². The van der Waals surface area contributed by atoms with E-state index in [1.165, 1.54) is 0 Å². The van der Waals surface area contributed by atoms with Crippen LogP contribution in [0, 0.1) is 0 Å². The molecule has 1 aromatic rings. The van der Waals surface area contributed by atoms with Crippen molar-refractivity contribution in [1.82, 2.24) is 4.90 Å². The Morgan fingerprint density at radius 3 is 2.25 bits per heavy atom. The minimum absolute atomic E-state index is 0.0532. The number of rotatable bonds is 8. The van der Waals surface area contributed by atoms with Gasteiger partial charge in [-0.05, 0) is 40.2 Å². The molecule has 0 spiro atoms. The van der Waals surface area contributed by atoms with Crippen molar-refractivity contribution in [3.05, 3.63) is 29.8 Å². The van der Waals surface area contributed by atoms with Crippen LogP contribution in [0.4, 0.5) is 0 Å². The van der Waals surface area contributed by atoms with E-state index < -0.39 is 0 Å². The Labute approximate surface area is 124 Å². The summed E-state index contributed by atoms with van der Waals surface area (Å²) >= 11 is 0. The van der Waals surface area contributed by atoms with Crippen molar-refractivity contribution in [1.29, 1.82) is 0 Å². The lowest BCUT2D eigenvalue weighted by Crippen LogP contribution is -2.39. The van der Waals surface area contributed by atoms with Crippen LogP contribution in [0.3, 0.4) is 0 Å². The van der Waals surface area contributed by atoms with Gasteiger partial charge in [0.1, 0.15) is 12.4 Å². The summed E-state index contributed by atoms with van der Waals surface area (Å²) < 4.78 is 5.97. The third kappa shape index (κ3) is 4.80. The molecule has 0 aliphatic heterocycles. The molecule has 0 saturated carbocycles. The molecule has 0 unspecified atom stereocenters. The Morgan fingerprint density at radius 1 is 1.10 bits per heavy atom. The number of hydrogen-bond donors (Lipinski definition) is 1. The normalized spacial score (nSPS) is 13.2. The van der Waals surface area contributed by atoms with Gasteiger partial charge in [0, 0.05) is 30.2 Å². The van der Waals surface area contributed by atoms with E-state index in [-0.39, 0.29) is 6.04 Å². The summed E-state index contributed by atoms with van der Waals surface area (Å²) in [6, 6.07) is 9.22. The van der Waals surface area contributed by atoms with Gasteiger partial charge in [-0.2, -0.15) is 0 Å². The number of para-hydroxylation sites is 1. The summed E-state index contributed by atoms with van der Waals surface area (Å²) in [5.74, 6) is 0.925. The largest absolute Gasteiger partial charge is 0.492 e. The number of nitrogens with zero attached hydrogens (tertiary/aromatic N) is 1. The zero-order valence-corrected chi connectivity index (χ0v) is 13.6. The Hall–Kier alpha value is -1.06. The Morgan fingerprint density at radius 2 is 1.70 bits per heavy atom. The lowest BCUT2D eigenvalue weighted by atomic mass is 10.0. The van der Waals surface area contributed by atoms with Crippen molar-refractivity contribution >= 4 is 0 Å². The molecule has 0 saturated heterocycles. The van der Waals surface area contributed by atoms with Crippen LogP contribution in [-0.2, 0) is 0 Å². The summed E-state index contributed by atoms with van der Waals surface area (Å²) in [6.45, 7) is 12.6. The fourth-order valence-electron chi connectivity index (χ4n) is 2.51. The molecule has 0 aliphatic rings. The zero-order chi connectivity index (χ0) is 15.1. The Balaban J connectivity index is 2.62. The van der Waals surface area contributed by atoms with Crippen LogP contribution in [0.2, 0.25) is 0 Å². The maximum Gasteiger partial charge on any atom is 0.124 e. The lowest BCUT2D eigenvalue weighted by Gasteiger charge is -2.30. The van der Waals surface area contributed by atoms with Crippen LogP contribution in [0.15, 0.2) is 24.3 Å². The van der Waals surface area contributed by atoms with E-state index in [4.69, 9.17) is 10.5 Å². The predicted molar refractivity (Wildman–Crippen MR) is 86.1 cm³/mol. The second-order valence-corrected chi connectivity index (χ2v) is 5.83. The average Bonchev–Trinajstić information content (AvgIpc) is 2.42. The predicted octanol–water partition coefficient (Wildman–Crippen LogP) is 3.59. The summed E-state index contributed by atoms with van der Waals surface area (Å²) in [7, 11) is 0. The number of ether oxygens (including phenoxy) is 1. The molecule has 3 nitrogen and oxygen atoms in total. The molecule has 20 heavy (non-hydrogen) atoms. The van der Waals surface area contributed by atoms with E-state index >= 15 is 0 Å². The van der Waals surface area contributed by atoms with Crippen molar-refractivity contribution in [3.8, 4) is 5.75 Å². The Kier molecular flexibility index (Phi) is 7.03. The van der Waals surface area contributed by atoms with Crippen molar-refractivity contribution in [2.75, 3.05) is 13.2 Å². The molecule has 1 aromatic carbocycles. The van der Waals surface area contributed by atoms with Gasteiger partial charge in [0.25, 0.3) is 0 Å². The van der Waals surface area contributed by atoms with Gasteiger partial charge < -0.3 is 10.5 Å². The minimum Gasteiger partial charge on any atom is -0.492 e. The van der Waals surface area contributed by atoms with Crippen molar-refractivity contribution < 1.29 is 4.74 Å². The molecule has 1 atom stereocenters. The van der Waals surface area contributed by atoms with Gasteiger partial charge in [-0.25, -0.2) is 0 Å². The molecule has 0 heterocycles. The second-order valence-electron chi connectivity index (χ2n) is 5.83. The van der Waals surface area contributed by atoms with Gasteiger partial charge in [0.2, 0.25) is 0 Å². The SMILES string of the molecule is CC[C@H](N)c1ccccc1OCCN(C(C)C)C(C)C. The maximum absolute atomic E-state index is 6.13. The molecule has 0 radical (unpaired) electrons. The third-order valence-corrected chi connectivity index (χ3v) is 3.69. The van der Waals surface area contributed by atoms with Crippen LogP contribution < -0.4 is 10.5 Å². The minimum atomic E-state index is 0.0532. The van der Waals surface area contributed by atoms with Crippen LogP contribution >= 0.6 is 0 Å². The first-order valence-electron chi connectivity index (χ1n) is 7.70. The highest BCUT2D eigenvalue weighted by Gasteiger charge is 2.14. The molecule has 0 bridgehead atoms. The quantitative estimate of drug-likeness (QED) is 0.789. The van der Waals surface area contributed by atoms with Crippen molar-refractivity contribution in [3.63, 3.8) is 0 Å². The highest BCUT2D eigenvalue weighted by Crippen LogP contribution is 2.25. The average molecular weight is 278 g/mol. The molecular formula is C17H30N2O. The molecule has 1 rings (SSSR count). The smallest absolute Gasteiger partial charge is 0.124 e. The second kappa shape index (κ2) is 8.28. The van der Waals surface area contributed by atoms with Gasteiger partial charge >= 0.3 is 0 Å². The lowest BCUT2D eigenvalue weighted by molar-refractivity contribution is 0.141. The summed E-state index contributed by atoms with van der Waals surface area (Å²) in [5, 5.41) is 0. The van der Waals surface area contributed by atoms with E-state index in [9.17, 15) is 0 Å². The van der Waals surface area contributed by atoms with Gasteiger partial charge in [0.15, 0.2) is 0 Å². The molecule has 0 aliphatic carbocycles. The summed E-state index contributed by atoms with van der Waals surface area (Å²) in [5.41, 5.74) is 7.24. The molecule has 3 heteroatoms. The van der Waals surface area contributed by atoms with E-state index in [1.807, 2.05) is 18.2 Å². The standard InChI is InChI=1S/C17H30N2O/c1-6-16(18)15-9-7-8-10-17(15)20-12-11-19(13(2)3)14(4)5/h7-10,13-14,16H,6,11-12,18H2,1-5H3/t16-/m0/s1. The van der Waals surface area contributed by atoms with Crippen molar-refractivity contribution in [2.24, 2.45) is 5.73 Å². The zero-order valence-electron chi connectivity index (χ0n) is 13.6. The van der Waals surface area contributed by atoms with Gasteiger partial charge in [-0.1, -0.05) is 25.1 Å². The van der Waals surface area contributed by atoms with E-state index in [0.717, 1.165) is 24.3 Å². The number of hydrogen-bond acceptors (Lipinski definition) is 3. The molecule has 114 valence electrons. The monoisotopic (exact) mass is 278 g/mol. The molecule has 2 N–H and O–H groups in total. The molecular weight excluding hydrogens is 248 g/mol. The van der Waals surface area contributed by atoms with Crippen LogP contribution in [0.25, 0.3) is 0 Å². The van der Waals surface area contributed by atoms with E-state index in [0.29, 0.717) is 18.7 Å². The number of benzene rings is 1. The van der Waals surface area contributed by atoms with Gasteiger partial charge in [-0.15, -0.1) is 0 Å². The summed E-state index contributed by atoms with van der Waals surface area (Å²) in [4.78, 5) is 2.43. The fourth-order valence-corrected chi connectivity index (χ4v) is 2.51. The molecule has 0 fully saturated rings. The van der Waals surface area contributed by atoms with Crippen LogP contribution in [-0.4, -0.2) is 30.1 Å². The third-order valence-electron chi connectivity index (χ3n) is 3.69. The van der Waals surface area contributed by atoms with Gasteiger partial charge in [-0.3, -0.25) is 4.90 Å². The molecule has 0 aromatic heterocycles. The maximum atomic E-state index is 6.13. The molecule has 0 amide bonds. The first-order chi connectivity index (χ1) is 9.47. The summed E-state index contributed by atoms with van der Waals surface area (Å²) in [6.07, 6.45) is 0.921.